The maximum atomic E-state index is 12.6. The van der Waals surface area contributed by atoms with Gasteiger partial charge in [0.1, 0.15) is 11.5 Å². The Morgan fingerprint density at radius 1 is 1.23 bits per heavy atom. The zero-order valence-corrected chi connectivity index (χ0v) is 16.0. The Kier molecular flexibility index (Phi) is 5.42. The number of allylic oxidation sites excluding steroid dienone is 1. The third kappa shape index (κ3) is 3.96. The van der Waals surface area contributed by atoms with Crippen LogP contribution in [0.15, 0.2) is 46.6 Å². The number of hydrogen-bond acceptors (Lipinski definition) is 5. The van der Waals surface area contributed by atoms with Crippen molar-refractivity contribution >= 4 is 33.8 Å². The van der Waals surface area contributed by atoms with Crippen LogP contribution in [0.25, 0.3) is 6.08 Å². The van der Waals surface area contributed by atoms with Gasteiger partial charge in [0.05, 0.1) is 12.2 Å². The zero-order valence-electron chi connectivity index (χ0n) is 14.4. The fourth-order valence-electron chi connectivity index (χ4n) is 2.62. The summed E-state index contributed by atoms with van der Waals surface area (Å²) in [5.41, 5.74) is 2.10. The molecule has 6 heteroatoms. The molecule has 0 aliphatic carbocycles. The summed E-state index contributed by atoms with van der Waals surface area (Å²) in [7, 11) is 0. The third-order valence-electron chi connectivity index (χ3n) is 3.77. The van der Waals surface area contributed by atoms with E-state index in [1.165, 1.54) is 0 Å². The first kappa shape index (κ1) is 18.2. The number of halogens is 1. The Morgan fingerprint density at radius 2 is 1.96 bits per heavy atom. The van der Waals surface area contributed by atoms with Crippen LogP contribution in [0.2, 0.25) is 0 Å². The van der Waals surface area contributed by atoms with Crippen molar-refractivity contribution in [3.8, 4) is 11.5 Å². The molecule has 26 heavy (non-hydrogen) atoms. The Labute approximate surface area is 159 Å². The number of Topliss-reactive ketones (excluding diaryl/α,β-unsaturated/α-hetero) is 1. The Morgan fingerprint density at radius 3 is 2.65 bits per heavy atom. The molecule has 0 radical (unpaired) electrons. The van der Waals surface area contributed by atoms with Crippen molar-refractivity contribution in [2.75, 3.05) is 13.2 Å². The van der Waals surface area contributed by atoms with Crippen molar-refractivity contribution in [2.24, 2.45) is 0 Å². The summed E-state index contributed by atoms with van der Waals surface area (Å²) < 4.78 is 17.0. The van der Waals surface area contributed by atoms with Crippen LogP contribution in [0.5, 0.6) is 11.5 Å². The zero-order chi connectivity index (χ0) is 18.7. The number of carbonyl (C=O) groups excluding carboxylic acids is 2. The van der Waals surface area contributed by atoms with Crippen LogP contribution in [0, 0.1) is 6.92 Å². The first-order valence-corrected chi connectivity index (χ1v) is 8.90. The van der Waals surface area contributed by atoms with E-state index in [1.807, 2.05) is 24.3 Å². The number of esters is 1. The standard InChI is InChI=1S/C20H17BrO5/c1-3-24-18(22)11-25-15-8-12(2)19-16(10-15)26-17(20(19)23)9-13-4-6-14(21)7-5-13/h4-10H,3,11H2,1-2H3/b17-9-. The van der Waals surface area contributed by atoms with Gasteiger partial charge in [0, 0.05) is 10.5 Å². The van der Waals surface area contributed by atoms with Gasteiger partial charge in [0.2, 0.25) is 5.78 Å². The number of aryl methyl sites for hydroxylation is 1. The highest BCUT2D eigenvalue weighted by atomic mass is 79.9. The lowest BCUT2D eigenvalue weighted by Gasteiger charge is -2.08. The van der Waals surface area contributed by atoms with Crippen molar-refractivity contribution < 1.29 is 23.8 Å². The van der Waals surface area contributed by atoms with E-state index >= 15 is 0 Å². The summed E-state index contributed by atoms with van der Waals surface area (Å²) in [4.78, 5) is 24.1. The molecule has 1 aliphatic rings. The van der Waals surface area contributed by atoms with Gasteiger partial charge in [0.15, 0.2) is 12.4 Å². The maximum absolute atomic E-state index is 12.6. The van der Waals surface area contributed by atoms with Gasteiger partial charge in [-0.3, -0.25) is 4.79 Å². The van der Waals surface area contributed by atoms with Gasteiger partial charge in [0.25, 0.3) is 0 Å². The predicted octanol–water partition coefficient (Wildman–Crippen LogP) is 4.32. The van der Waals surface area contributed by atoms with Gasteiger partial charge >= 0.3 is 5.97 Å². The van der Waals surface area contributed by atoms with E-state index in [0.29, 0.717) is 23.7 Å². The van der Waals surface area contributed by atoms with Crippen LogP contribution in [0.4, 0.5) is 0 Å². The van der Waals surface area contributed by atoms with E-state index in [4.69, 9.17) is 14.2 Å². The number of carbonyl (C=O) groups is 2. The maximum Gasteiger partial charge on any atom is 0.344 e. The Hall–Kier alpha value is -2.60. The smallest absolute Gasteiger partial charge is 0.344 e. The molecule has 3 rings (SSSR count). The first-order chi connectivity index (χ1) is 12.5. The molecule has 0 saturated carbocycles. The number of ether oxygens (including phenoxy) is 3. The highest BCUT2D eigenvalue weighted by molar-refractivity contribution is 9.10. The first-order valence-electron chi connectivity index (χ1n) is 8.11. The summed E-state index contributed by atoms with van der Waals surface area (Å²) >= 11 is 3.38. The summed E-state index contributed by atoms with van der Waals surface area (Å²) in [6.07, 6.45) is 1.70. The van der Waals surface area contributed by atoms with Gasteiger partial charge in [-0.05, 0) is 49.2 Å². The monoisotopic (exact) mass is 416 g/mol. The molecule has 1 aliphatic heterocycles. The normalized spacial score (nSPS) is 14.1. The SMILES string of the molecule is CCOC(=O)COc1cc(C)c2c(c1)O/C(=C\c1ccc(Br)cc1)C2=O. The summed E-state index contributed by atoms with van der Waals surface area (Å²) in [5.74, 6) is 0.521. The number of ketones is 1. The molecule has 5 nitrogen and oxygen atoms in total. The molecule has 0 aromatic heterocycles. The highest BCUT2D eigenvalue weighted by Crippen LogP contribution is 2.37. The minimum atomic E-state index is -0.446. The van der Waals surface area contributed by atoms with Crippen LogP contribution in [0.1, 0.15) is 28.4 Å². The highest BCUT2D eigenvalue weighted by Gasteiger charge is 2.30. The van der Waals surface area contributed by atoms with E-state index in [-0.39, 0.29) is 18.1 Å². The fourth-order valence-corrected chi connectivity index (χ4v) is 2.88. The quantitative estimate of drug-likeness (QED) is 0.536. The second-order valence-electron chi connectivity index (χ2n) is 5.70. The van der Waals surface area contributed by atoms with Crippen LogP contribution in [0.3, 0.4) is 0 Å². The van der Waals surface area contributed by atoms with Gasteiger partial charge in [-0.2, -0.15) is 0 Å². The average molecular weight is 417 g/mol. The molecule has 1 heterocycles. The fraction of sp³-hybridized carbons (Fsp3) is 0.200. The third-order valence-corrected chi connectivity index (χ3v) is 4.30. The van der Waals surface area contributed by atoms with Crippen molar-refractivity contribution in [2.45, 2.75) is 13.8 Å². The van der Waals surface area contributed by atoms with Crippen molar-refractivity contribution in [1.29, 1.82) is 0 Å². The van der Waals surface area contributed by atoms with Crippen LogP contribution >= 0.6 is 15.9 Å². The molecule has 0 saturated heterocycles. The molecule has 0 fully saturated rings. The minimum Gasteiger partial charge on any atom is -0.482 e. The van der Waals surface area contributed by atoms with Gasteiger partial charge < -0.3 is 14.2 Å². The lowest BCUT2D eigenvalue weighted by Crippen LogP contribution is -2.14. The second kappa shape index (κ2) is 7.74. The summed E-state index contributed by atoms with van der Waals surface area (Å²) in [6.45, 7) is 3.64. The molecule has 2 aromatic carbocycles. The van der Waals surface area contributed by atoms with E-state index in [1.54, 1.807) is 32.1 Å². The van der Waals surface area contributed by atoms with Crippen molar-refractivity contribution in [3.63, 3.8) is 0 Å². The molecule has 0 amide bonds. The van der Waals surface area contributed by atoms with Gasteiger partial charge in [-0.25, -0.2) is 4.79 Å². The second-order valence-corrected chi connectivity index (χ2v) is 6.61. The van der Waals surface area contributed by atoms with Crippen LogP contribution in [-0.4, -0.2) is 25.0 Å². The van der Waals surface area contributed by atoms with E-state index < -0.39 is 5.97 Å². The number of hydrogen-bond donors (Lipinski definition) is 0. The molecule has 0 N–H and O–H groups in total. The molecule has 0 bridgehead atoms. The topological polar surface area (TPSA) is 61.8 Å². The van der Waals surface area contributed by atoms with E-state index in [0.717, 1.165) is 15.6 Å². The van der Waals surface area contributed by atoms with E-state index in [2.05, 4.69) is 15.9 Å². The van der Waals surface area contributed by atoms with Gasteiger partial charge in [-0.15, -0.1) is 0 Å². The Balaban J connectivity index is 1.81. The number of rotatable bonds is 5. The number of benzene rings is 2. The average Bonchev–Trinajstić information content (AvgIpc) is 2.91. The molecular formula is C20H17BrO5. The largest absolute Gasteiger partial charge is 0.482 e. The van der Waals surface area contributed by atoms with Crippen LogP contribution in [-0.2, 0) is 9.53 Å². The van der Waals surface area contributed by atoms with Gasteiger partial charge in [-0.1, -0.05) is 28.1 Å². The summed E-state index contributed by atoms with van der Waals surface area (Å²) in [6, 6.07) is 10.9. The molecule has 134 valence electrons. The van der Waals surface area contributed by atoms with E-state index in [9.17, 15) is 9.59 Å². The molecule has 0 spiro atoms. The van der Waals surface area contributed by atoms with Crippen molar-refractivity contribution in [1.82, 2.24) is 0 Å². The molecule has 0 atom stereocenters. The Bertz CT molecular complexity index is 884. The molecule has 2 aromatic rings. The number of fused-ring (bicyclic) bond motifs is 1. The summed E-state index contributed by atoms with van der Waals surface area (Å²) in [5, 5.41) is 0. The molecule has 0 unspecified atom stereocenters. The van der Waals surface area contributed by atoms with Crippen LogP contribution < -0.4 is 9.47 Å². The lowest BCUT2D eigenvalue weighted by atomic mass is 10.0. The predicted molar refractivity (Wildman–Crippen MR) is 100 cm³/mol. The molecular weight excluding hydrogens is 400 g/mol. The van der Waals surface area contributed by atoms with Crippen molar-refractivity contribution in [3.05, 3.63) is 63.3 Å². The lowest BCUT2D eigenvalue weighted by molar-refractivity contribution is -0.145. The minimum absolute atomic E-state index is 0.169.